The number of carboxylic acids is 1. The molecule has 1 aromatic carbocycles. The highest BCUT2D eigenvalue weighted by Gasteiger charge is 2.30. The Hall–Kier alpha value is -1.24. The number of rotatable bonds is 7. The van der Waals surface area contributed by atoms with Gasteiger partial charge in [-0.3, -0.25) is 9.59 Å². The molecule has 1 saturated heterocycles. The van der Waals surface area contributed by atoms with E-state index in [1.165, 1.54) is 11.8 Å². The van der Waals surface area contributed by atoms with Crippen molar-refractivity contribution in [3.63, 3.8) is 0 Å². The Morgan fingerprint density at radius 2 is 2.12 bits per heavy atom. The topological polar surface area (TPSA) is 75.6 Å². The van der Waals surface area contributed by atoms with Gasteiger partial charge in [-0.05, 0) is 42.7 Å². The molecular formula is C17H22ClNO4S. The number of halogens is 1. The van der Waals surface area contributed by atoms with Gasteiger partial charge in [-0.1, -0.05) is 18.5 Å². The molecule has 0 bridgehead atoms. The molecule has 5 nitrogen and oxygen atoms in total. The molecule has 0 aliphatic carbocycles. The van der Waals surface area contributed by atoms with Crippen LogP contribution in [0.3, 0.4) is 0 Å². The zero-order chi connectivity index (χ0) is 17.5. The minimum Gasteiger partial charge on any atom is -0.481 e. The number of hydrogen-bond donors (Lipinski definition) is 2. The van der Waals surface area contributed by atoms with Gasteiger partial charge in [-0.25, -0.2) is 0 Å². The maximum absolute atomic E-state index is 12.5. The number of carboxylic acid groups (broad SMARTS) is 1. The summed E-state index contributed by atoms with van der Waals surface area (Å²) in [4.78, 5) is 24.8. The predicted molar refractivity (Wildman–Crippen MR) is 94.9 cm³/mol. The van der Waals surface area contributed by atoms with Crippen LogP contribution in [0.4, 0.5) is 0 Å². The van der Waals surface area contributed by atoms with Crippen LogP contribution >= 0.6 is 23.4 Å². The van der Waals surface area contributed by atoms with Crippen LogP contribution in [0, 0.1) is 11.8 Å². The Balaban J connectivity index is 2.04. The zero-order valence-electron chi connectivity index (χ0n) is 13.6. The Bertz CT molecular complexity index is 590. The van der Waals surface area contributed by atoms with E-state index in [-0.39, 0.29) is 18.4 Å². The van der Waals surface area contributed by atoms with E-state index in [1.807, 2.05) is 6.92 Å². The summed E-state index contributed by atoms with van der Waals surface area (Å²) in [5.74, 6) is -0.874. The summed E-state index contributed by atoms with van der Waals surface area (Å²) in [5.41, 5.74) is 0.530. The number of benzene rings is 1. The average Bonchev–Trinajstić information content (AvgIpc) is 2.56. The second kappa shape index (κ2) is 9.30. The number of hydrogen-bond acceptors (Lipinski definition) is 4. The van der Waals surface area contributed by atoms with Crippen LogP contribution in [0.2, 0.25) is 5.02 Å². The Labute approximate surface area is 151 Å². The van der Waals surface area contributed by atoms with Crippen molar-refractivity contribution in [2.24, 2.45) is 11.8 Å². The smallest absolute Gasteiger partial charge is 0.308 e. The van der Waals surface area contributed by atoms with Crippen molar-refractivity contribution in [2.75, 3.05) is 25.5 Å². The molecular weight excluding hydrogens is 350 g/mol. The van der Waals surface area contributed by atoms with E-state index in [9.17, 15) is 14.7 Å². The highest BCUT2D eigenvalue weighted by atomic mass is 35.5. The third-order valence-corrected chi connectivity index (χ3v) is 5.30. The van der Waals surface area contributed by atoms with Gasteiger partial charge in [0.05, 0.1) is 11.5 Å². The summed E-state index contributed by atoms with van der Waals surface area (Å²) in [7, 11) is 0. The van der Waals surface area contributed by atoms with E-state index < -0.39 is 11.9 Å². The van der Waals surface area contributed by atoms with Gasteiger partial charge in [0.25, 0.3) is 5.91 Å². The van der Waals surface area contributed by atoms with Crippen molar-refractivity contribution in [3.05, 3.63) is 28.8 Å². The number of thioether (sulfide) groups is 1. The maximum Gasteiger partial charge on any atom is 0.308 e. The molecule has 1 aromatic rings. The molecule has 132 valence electrons. The monoisotopic (exact) mass is 371 g/mol. The molecule has 0 aromatic heterocycles. The van der Waals surface area contributed by atoms with Gasteiger partial charge < -0.3 is 15.2 Å². The zero-order valence-corrected chi connectivity index (χ0v) is 15.2. The largest absolute Gasteiger partial charge is 0.481 e. The second-order valence-corrected chi connectivity index (χ2v) is 7.42. The molecule has 24 heavy (non-hydrogen) atoms. The fourth-order valence-electron chi connectivity index (χ4n) is 2.83. The van der Waals surface area contributed by atoms with Crippen molar-refractivity contribution >= 4 is 35.2 Å². The summed E-state index contributed by atoms with van der Waals surface area (Å²) < 4.78 is 5.28. The van der Waals surface area contributed by atoms with Crippen molar-refractivity contribution in [2.45, 2.75) is 24.7 Å². The van der Waals surface area contributed by atoms with E-state index in [2.05, 4.69) is 5.32 Å². The second-order valence-electron chi connectivity index (χ2n) is 5.68. The van der Waals surface area contributed by atoms with E-state index in [0.717, 1.165) is 10.6 Å². The molecule has 2 N–H and O–H groups in total. The van der Waals surface area contributed by atoms with Gasteiger partial charge in [0.1, 0.15) is 0 Å². The van der Waals surface area contributed by atoms with Crippen molar-refractivity contribution in [1.29, 1.82) is 0 Å². The number of ether oxygens (including phenoxy) is 1. The third-order valence-electron chi connectivity index (χ3n) is 4.12. The summed E-state index contributed by atoms with van der Waals surface area (Å²) in [5, 5.41) is 12.8. The van der Waals surface area contributed by atoms with Crippen LogP contribution in [0.15, 0.2) is 23.1 Å². The standard InChI is InChI=1S/C17H22ClNO4S/c1-2-24-15-9-12(18)3-4-13(15)16(20)19-10-14(17(21)22)11-5-7-23-8-6-11/h3-4,9,11,14H,2,5-8,10H2,1H3,(H,19,20)(H,21,22). The first-order chi connectivity index (χ1) is 11.5. The molecule has 1 aliphatic heterocycles. The molecule has 1 fully saturated rings. The quantitative estimate of drug-likeness (QED) is 0.719. The number of amides is 1. The average molecular weight is 372 g/mol. The number of carbonyl (C=O) groups is 2. The minimum atomic E-state index is -0.874. The number of carbonyl (C=O) groups excluding carboxylic acids is 1. The van der Waals surface area contributed by atoms with E-state index in [4.69, 9.17) is 16.3 Å². The Morgan fingerprint density at radius 1 is 1.42 bits per heavy atom. The first-order valence-corrected chi connectivity index (χ1v) is 9.40. The van der Waals surface area contributed by atoms with Gasteiger partial charge in [0.2, 0.25) is 0 Å². The van der Waals surface area contributed by atoms with Gasteiger partial charge in [0, 0.05) is 29.7 Å². The highest BCUT2D eigenvalue weighted by molar-refractivity contribution is 7.99. The maximum atomic E-state index is 12.5. The number of nitrogens with one attached hydrogen (secondary N) is 1. The van der Waals surface area contributed by atoms with Gasteiger partial charge in [-0.2, -0.15) is 0 Å². The lowest BCUT2D eigenvalue weighted by molar-refractivity contribution is -0.144. The first kappa shape index (κ1) is 19.1. The van der Waals surface area contributed by atoms with Crippen LogP contribution in [-0.2, 0) is 9.53 Å². The SMILES string of the molecule is CCSc1cc(Cl)ccc1C(=O)NCC(C(=O)O)C1CCOCC1. The molecule has 1 atom stereocenters. The summed E-state index contributed by atoms with van der Waals surface area (Å²) >= 11 is 7.53. The van der Waals surface area contributed by atoms with Gasteiger partial charge in [0.15, 0.2) is 0 Å². The summed E-state index contributed by atoms with van der Waals surface area (Å²) in [6.45, 7) is 3.28. The van der Waals surface area contributed by atoms with E-state index in [1.54, 1.807) is 18.2 Å². The molecule has 1 aliphatic rings. The molecule has 0 spiro atoms. The molecule has 1 amide bonds. The molecule has 1 heterocycles. The Kier molecular flexibility index (Phi) is 7.40. The van der Waals surface area contributed by atoms with Crippen molar-refractivity contribution in [1.82, 2.24) is 5.32 Å². The van der Waals surface area contributed by atoms with Crippen LogP contribution in [0.1, 0.15) is 30.1 Å². The van der Waals surface area contributed by atoms with Crippen LogP contribution in [0.25, 0.3) is 0 Å². The van der Waals surface area contributed by atoms with Crippen LogP contribution < -0.4 is 5.32 Å². The van der Waals surface area contributed by atoms with Gasteiger partial charge >= 0.3 is 5.97 Å². The molecule has 0 saturated carbocycles. The van der Waals surface area contributed by atoms with Gasteiger partial charge in [-0.15, -0.1) is 11.8 Å². The lowest BCUT2D eigenvalue weighted by Crippen LogP contribution is -2.39. The van der Waals surface area contributed by atoms with Crippen molar-refractivity contribution in [3.8, 4) is 0 Å². The van der Waals surface area contributed by atoms with Crippen LogP contribution in [-0.4, -0.2) is 42.5 Å². The molecule has 2 rings (SSSR count). The highest BCUT2D eigenvalue weighted by Crippen LogP contribution is 2.27. The minimum absolute atomic E-state index is 0.0336. The predicted octanol–water partition coefficient (Wildman–Crippen LogP) is 3.31. The molecule has 7 heteroatoms. The third kappa shape index (κ3) is 5.13. The van der Waals surface area contributed by atoms with E-state index >= 15 is 0 Å². The normalized spacial score (nSPS) is 16.6. The first-order valence-electron chi connectivity index (χ1n) is 8.04. The summed E-state index contributed by atoms with van der Waals surface area (Å²) in [6, 6.07) is 5.11. The van der Waals surface area contributed by atoms with E-state index in [0.29, 0.717) is 36.6 Å². The molecule has 0 radical (unpaired) electrons. The lowest BCUT2D eigenvalue weighted by atomic mass is 9.86. The fourth-order valence-corrected chi connectivity index (χ4v) is 3.90. The fraction of sp³-hybridized carbons (Fsp3) is 0.529. The van der Waals surface area contributed by atoms with Crippen molar-refractivity contribution < 1.29 is 19.4 Å². The number of aliphatic carboxylic acids is 1. The lowest BCUT2D eigenvalue weighted by Gasteiger charge is -2.27. The summed E-state index contributed by atoms with van der Waals surface area (Å²) in [6.07, 6.45) is 1.43. The molecule has 1 unspecified atom stereocenters. The van der Waals surface area contributed by atoms with Crippen LogP contribution in [0.5, 0.6) is 0 Å². The Morgan fingerprint density at radius 3 is 2.75 bits per heavy atom.